The van der Waals surface area contributed by atoms with Crippen molar-refractivity contribution in [3.63, 3.8) is 0 Å². The van der Waals surface area contributed by atoms with E-state index in [0.29, 0.717) is 0 Å². The van der Waals surface area contributed by atoms with Crippen LogP contribution >= 0.6 is 15.9 Å². The van der Waals surface area contributed by atoms with Gasteiger partial charge in [-0.05, 0) is 4.20 Å². The van der Waals surface area contributed by atoms with Crippen LogP contribution in [0.2, 0.25) is 0 Å². The summed E-state index contributed by atoms with van der Waals surface area (Å²) in [4.78, 5) is 0. The van der Waals surface area contributed by atoms with Gasteiger partial charge >= 0.3 is 14.8 Å². The van der Waals surface area contributed by atoms with E-state index in [-0.39, 0.29) is 0 Å². The number of nitrogens with zero attached hydrogens (tertiary/aromatic N) is 2. The molecule has 0 spiro atoms. The van der Waals surface area contributed by atoms with E-state index in [9.17, 15) is 0 Å². The molecule has 1 rings (SSSR count). The van der Waals surface area contributed by atoms with E-state index in [0.717, 1.165) is 5.33 Å². The molecular formula is C5H8Br2N2O3. The highest BCUT2D eigenvalue weighted by atomic mass is 80.0. The van der Waals surface area contributed by atoms with Crippen LogP contribution in [0.15, 0.2) is 12.4 Å². The number of aryl methyl sites for hydroxylation is 1. The molecule has 0 saturated carbocycles. The standard InChI is InChI=1S/C5H7BrN2.BrHO3/c1-8-4-5(2-6)3-7-8;2-1(3)4/h3-4H,2H2,1H3;2H. The highest BCUT2D eigenvalue weighted by Gasteiger charge is 1.89. The molecule has 7 heteroatoms. The molecule has 0 aliphatic heterocycles. The Morgan fingerprint density at radius 2 is 2.25 bits per heavy atom. The molecule has 0 aromatic carbocycles. The van der Waals surface area contributed by atoms with Crippen molar-refractivity contribution < 1.29 is 27.4 Å². The van der Waals surface area contributed by atoms with E-state index >= 15 is 0 Å². The summed E-state index contributed by atoms with van der Waals surface area (Å²) in [5, 5.41) is 4.86. The molecule has 0 saturated heterocycles. The van der Waals surface area contributed by atoms with Crippen molar-refractivity contribution in [3.8, 4) is 0 Å². The summed E-state index contributed by atoms with van der Waals surface area (Å²) in [6.45, 7) is 0. The molecule has 0 amide bonds. The Morgan fingerprint density at radius 3 is 2.42 bits per heavy atom. The zero-order chi connectivity index (χ0) is 9.56. The minimum Gasteiger partial charge on any atom is -0.372 e. The van der Waals surface area contributed by atoms with Gasteiger partial charge in [-0.2, -0.15) is 5.10 Å². The van der Waals surface area contributed by atoms with Gasteiger partial charge in [0.15, 0.2) is 0 Å². The summed E-state index contributed by atoms with van der Waals surface area (Å²) >= 11 is -0.0784. The number of aromatic nitrogens is 2. The Labute approximate surface area is 83.6 Å². The van der Waals surface area contributed by atoms with Gasteiger partial charge in [0.05, 0.1) is 6.20 Å². The van der Waals surface area contributed by atoms with Gasteiger partial charge in [0.25, 0.3) is 0 Å². The number of hydrogen-bond acceptors (Lipinski definition) is 4. The maximum atomic E-state index is 8.63. The van der Waals surface area contributed by atoms with Crippen LogP contribution in [-0.4, -0.2) is 14.0 Å². The minimum absolute atomic E-state index is 0.890. The second kappa shape index (κ2) is 6.55. The fourth-order valence-corrected chi connectivity index (χ4v) is 0.830. The first-order valence-corrected chi connectivity index (χ1v) is 5.97. The predicted octanol–water partition coefficient (Wildman–Crippen LogP) is -1.62. The minimum atomic E-state index is -3.40. The molecule has 1 heterocycles. The Bertz CT molecular complexity index is 213. The molecule has 70 valence electrons. The summed E-state index contributed by atoms with van der Waals surface area (Å²) in [7, 11) is 1.91. The highest BCUT2D eigenvalue weighted by Crippen LogP contribution is 2.00. The zero-order valence-corrected chi connectivity index (χ0v) is 9.45. The molecule has 0 unspecified atom stereocenters. The van der Waals surface area contributed by atoms with Crippen LogP contribution in [0.4, 0.5) is 0 Å². The van der Waals surface area contributed by atoms with Gasteiger partial charge in [0.1, 0.15) is 0 Å². The maximum absolute atomic E-state index is 8.63. The van der Waals surface area contributed by atoms with Crippen molar-refractivity contribution in [1.29, 1.82) is 0 Å². The van der Waals surface area contributed by atoms with E-state index in [1.807, 2.05) is 19.4 Å². The quantitative estimate of drug-likeness (QED) is 0.632. The van der Waals surface area contributed by atoms with Crippen LogP contribution in [0.25, 0.3) is 0 Å². The second-order valence-corrected chi connectivity index (χ2v) is 3.26. The summed E-state index contributed by atoms with van der Waals surface area (Å²) in [5.74, 6) is 0. The van der Waals surface area contributed by atoms with Crippen molar-refractivity contribution in [2.45, 2.75) is 5.33 Å². The third-order valence-electron chi connectivity index (χ3n) is 0.913. The van der Waals surface area contributed by atoms with Crippen LogP contribution < -0.4 is 8.40 Å². The SMILES string of the molecule is Cn1cc(CBr)cn1.[O-][Br+2]([O-])O. The van der Waals surface area contributed by atoms with Crippen LogP contribution in [0.5, 0.6) is 0 Å². The molecule has 0 aliphatic carbocycles. The molecule has 1 aromatic heterocycles. The van der Waals surface area contributed by atoms with E-state index in [2.05, 4.69) is 21.0 Å². The summed E-state index contributed by atoms with van der Waals surface area (Å²) in [6, 6.07) is 0. The van der Waals surface area contributed by atoms with Crippen molar-refractivity contribution in [2.75, 3.05) is 0 Å². The van der Waals surface area contributed by atoms with Gasteiger partial charge in [-0.25, -0.2) is 0 Å². The zero-order valence-electron chi connectivity index (χ0n) is 6.28. The van der Waals surface area contributed by atoms with Crippen LogP contribution in [0.3, 0.4) is 0 Å². The van der Waals surface area contributed by atoms with Crippen molar-refractivity contribution in [3.05, 3.63) is 18.0 Å². The van der Waals surface area contributed by atoms with E-state index in [1.165, 1.54) is 5.56 Å². The first-order valence-electron chi connectivity index (χ1n) is 2.84. The van der Waals surface area contributed by atoms with E-state index in [1.54, 1.807) is 4.68 Å². The predicted molar refractivity (Wildman–Crippen MR) is 38.1 cm³/mol. The molecule has 0 radical (unpaired) electrons. The number of hydrogen-bond donors (Lipinski definition) is 1. The van der Waals surface area contributed by atoms with Gasteiger partial charge in [0, 0.05) is 24.1 Å². The molecule has 1 aromatic rings. The maximum Gasteiger partial charge on any atom is 0.433 e. The van der Waals surface area contributed by atoms with Gasteiger partial charge in [-0.3, -0.25) is 4.68 Å². The number of alkyl halides is 1. The van der Waals surface area contributed by atoms with Crippen molar-refractivity contribution in [2.24, 2.45) is 7.05 Å². The Balaban J connectivity index is 0.000000261. The lowest BCUT2D eigenvalue weighted by Gasteiger charge is -1.80. The lowest BCUT2D eigenvalue weighted by molar-refractivity contribution is -1.63. The van der Waals surface area contributed by atoms with Crippen molar-refractivity contribution in [1.82, 2.24) is 9.78 Å². The van der Waals surface area contributed by atoms with Crippen LogP contribution in [0.1, 0.15) is 5.56 Å². The number of halogens is 2. The average Bonchev–Trinajstić information content (AvgIpc) is 2.34. The van der Waals surface area contributed by atoms with E-state index in [4.69, 9.17) is 12.6 Å². The van der Waals surface area contributed by atoms with Gasteiger partial charge in [-0.15, -0.1) is 0 Å². The highest BCUT2D eigenvalue weighted by molar-refractivity contribution is 9.08. The van der Waals surface area contributed by atoms with Crippen molar-refractivity contribution >= 4 is 15.9 Å². The Hall–Kier alpha value is 0.0500. The van der Waals surface area contributed by atoms with Gasteiger partial charge in [0.2, 0.25) is 0 Å². The fraction of sp³-hybridized carbons (Fsp3) is 0.400. The second-order valence-electron chi connectivity index (χ2n) is 1.86. The lowest BCUT2D eigenvalue weighted by atomic mass is 10.4. The molecule has 12 heavy (non-hydrogen) atoms. The molecule has 0 aliphatic rings. The van der Waals surface area contributed by atoms with Crippen LogP contribution in [-0.2, 0) is 12.4 Å². The van der Waals surface area contributed by atoms with Gasteiger partial charge in [-0.1, -0.05) is 15.9 Å². The van der Waals surface area contributed by atoms with Crippen LogP contribution in [0, 0.1) is 14.8 Å². The smallest absolute Gasteiger partial charge is 0.372 e. The first-order chi connectivity index (χ1) is 5.56. The molecule has 1 N–H and O–H groups in total. The third kappa shape index (κ3) is 6.74. The normalized spacial score (nSPS) is 9.50. The van der Waals surface area contributed by atoms with Gasteiger partial charge < -0.3 is 8.40 Å². The largest absolute Gasteiger partial charge is 0.433 e. The lowest BCUT2D eigenvalue weighted by Crippen LogP contribution is -2.30. The average molecular weight is 304 g/mol. The summed E-state index contributed by atoms with van der Waals surface area (Å²) in [5.41, 5.74) is 1.22. The Morgan fingerprint density at radius 1 is 1.75 bits per heavy atom. The third-order valence-corrected chi connectivity index (χ3v) is 1.56. The fourth-order valence-electron chi connectivity index (χ4n) is 0.541. The summed E-state index contributed by atoms with van der Waals surface area (Å²) < 4.78 is 26.1. The molecular weight excluding hydrogens is 296 g/mol. The molecule has 0 atom stereocenters. The molecule has 5 nitrogen and oxygen atoms in total. The topological polar surface area (TPSA) is 84.2 Å². The summed E-state index contributed by atoms with van der Waals surface area (Å²) in [6.07, 6.45) is 3.82. The monoisotopic (exact) mass is 302 g/mol. The number of rotatable bonds is 1. The van der Waals surface area contributed by atoms with E-state index < -0.39 is 14.8 Å². The molecule has 0 bridgehead atoms. The molecule has 0 fully saturated rings. The Kier molecular flexibility index (Phi) is 6.58. The first kappa shape index (κ1) is 12.0.